The van der Waals surface area contributed by atoms with Crippen molar-refractivity contribution in [2.24, 2.45) is 0 Å². The van der Waals surface area contributed by atoms with Gasteiger partial charge in [-0.05, 0) is 60.4 Å². The predicted octanol–water partition coefficient (Wildman–Crippen LogP) is 5.59. The van der Waals surface area contributed by atoms with Gasteiger partial charge in [0.2, 0.25) is 0 Å². The van der Waals surface area contributed by atoms with Crippen molar-refractivity contribution in [1.29, 1.82) is 0 Å². The molecule has 1 heterocycles. The van der Waals surface area contributed by atoms with E-state index in [-0.39, 0.29) is 5.69 Å². The van der Waals surface area contributed by atoms with Crippen LogP contribution in [0.1, 0.15) is 47.5 Å². The lowest BCUT2D eigenvalue weighted by atomic mass is 9.88. The number of halogens is 1. The Morgan fingerprint density at radius 3 is 2.48 bits per heavy atom. The molecule has 0 fully saturated rings. The Balaban J connectivity index is 2.30. The van der Waals surface area contributed by atoms with Crippen molar-refractivity contribution in [1.82, 2.24) is 4.98 Å². The van der Waals surface area contributed by atoms with Crippen molar-refractivity contribution >= 4 is 34.4 Å². The minimum absolute atomic E-state index is 0.179. The van der Waals surface area contributed by atoms with E-state index < -0.39 is 18.0 Å². The smallest absolute Gasteiger partial charge is 0.356 e. The van der Waals surface area contributed by atoms with E-state index in [2.05, 4.69) is 4.98 Å². The van der Waals surface area contributed by atoms with Crippen molar-refractivity contribution < 1.29 is 24.2 Å². The normalized spacial score (nSPS) is 12.0. The number of esters is 1. The molecule has 2 aromatic carbocycles. The van der Waals surface area contributed by atoms with Crippen LogP contribution in [0.2, 0.25) is 5.02 Å². The highest BCUT2D eigenvalue weighted by atomic mass is 35.5. The van der Waals surface area contributed by atoms with E-state index in [1.807, 2.05) is 26.0 Å². The first-order chi connectivity index (χ1) is 14.9. The number of carboxylic acid groups (broad SMARTS) is 1. The molecule has 0 saturated carbocycles. The summed E-state index contributed by atoms with van der Waals surface area (Å²) < 4.78 is 10.6. The Labute approximate surface area is 185 Å². The quantitative estimate of drug-likeness (QED) is 0.362. The maximum atomic E-state index is 12.2. The van der Waals surface area contributed by atoms with Gasteiger partial charge in [-0.2, -0.15) is 0 Å². The summed E-state index contributed by atoms with van der Waals surface area (Å²) >= 11 is 6.07. The second-order valence-electron chi connectivity index (χ2n) is 7.19. The maximum Gasteiger partial charge on any atom is 0.356 e. The number of aryl methyl sites for hydroxylation is 1. The molecule has 3 aromatic rings. The average Bonchev–Trinajstić information content (AvgIpc) is 2.76. The van der Waals surface area contributed by atoms with Crippen LogP contribution in [0.5, 0.6) is 0 Å². The number of benzene rings is 2. The lowest BCUT2D eigenvalue weighted by molar-refractivity contribution is -0.151. The number of carbonyl (C=O) groups excluding carboxylic acids is 1. The Hall–Kier alpha value is -2.96. The van der Waals surface area contributed by atoms with Crippen molar-refractivity contribution in [3.8, 4) is 11.1 Å². The molecule has 1 N–H and O–H groups in total. The molecule has 0 aliphatic carbocycles. The number of fused-ring (bicyclic) bond motifs is 1. The van der Waals surface area contributed by atoms with E-state index in [9.17, 15) is 14.7 Å². The summed E-state index contributed by atoms with van der Waals surface area (Å²) in [5, 5.41) is 11.2. The minimum atomic E-state index is -1.14. The molecule has 1 unspecified atom stereocenters. The SMILES string of the molecule is CCCCOC(C(=O)O)c1c(C)cc2nc(C(=O)OC)ccc2c1-c1ccc(Cl)cc1. The first-order valence-electron chi connectivity index (χ1n) is 10.00. The number of methoxy groups -OCH3 is 1. The predicted molar refractivity (Wildman–Crippen MR) is 120 cm³/mol. The van der Waals surface area contributed by atoms with Gasteiger partial charge in [-0.25, -0.2) is 14.6 Å². The number of unbranched alkanes of at least 4 members (excludes halogenated alkanes) is 1. The third kappa shape index (κ3) is 4.86. The van der Waals surface area contributed by atoms with E-state index >= 15 is 0 Å². The highest BCUT2D eigenvalue weighted by molar-refractivity contribution is 6.30. The van der Waals surface area contributed by atoms with Crippen LogP contribution >= 0.6 is 11.6 Å². The van der Waals surface area contributed by atoms with Gasteiger partial charge in [0.1, 0.15) is 5.69 Å². The van der Waals surface area contributed by atoms with Crippen LogP contribution < -0.4 is 0 Å². The molecule has 0 radical (unpaired) electrons. The van der Waals surface area contributed by atoms with Gasteiger partial charge in [-0.1, -0.05) is 37.1 Å². The number of aromatic nitrogens is 1. The summed E-state index contributed by atoms with van der Waals surface area (Å²) in [6, 6.07) is 12.3. The molecular weight excluding hydrogens is 418 g/mol. The van der Waals surface area contributed by atoms with Crippen LogP contribution in [0.3, 0.4) is 0 Å². The van der Waals surface area contributed by atoms with Gasteiger partial charge in [0.15, 0.2) is 6.10 Å². The number of aliphatic carboxylic acids is 1. The molecule has 7 heteroatoms. The van der Waals surface area contributed by atoms with Gasteiger partial charge >= 0.3 is 11.9 Å². The number of hydrogen-bond acceptors (Lipinski definition) is 5. The molecule has 31 heavy (non-hydrogen) atoms. The molecule has 0 aliphatic heterocycles. The van der Waals surface area contributed by atoms with E-state index in [4.69, 9.17) is 21.1 Å². The van der Waals surface area contributed by atoms with Gasteiger partial charge in [0.25, 0.3) is 0 Å². The summed E-state index contributed by atoms with van der Waals surface area (Å²) in [7, 11) is 1.30. The van der Waals surface area contributed by atoms with E-state index in [1.165, 1.54) is 7.11 Å². The molecular formula is C24H24ClNO5. The summed E-state index contributed by atoms with van der Waals surface area (Å²) in [6.07, 6.45) is 0.520. The molecule has 0 amide bonds. The van der Waals surface area contributed by atoms with Crippen LogP contribution in [0.15, 0.2) is 42.5 Å². The molecule has 0 aliphatic rings. The zero-order valence-corrected chi connectivity index (χ0v) is 18.4. The van der Waals surface area contributed by atoms with Crippen LogP contribution in [0.4, 0.5) is 0 Å². The van der Waals surface area contributed by atoms with Crippen molar-refractivity contribution in [2.45, 2.75) is 32.8 Å². The fourth-order valence-electron chi connectivity index (χ4n) is 3.53. The zero-order chi connectivity index (χ0) is 22.5. The average molecular weight is 442 g/mol. The second-order valence-corrected chi connectivity index (χ2v) is 7.62. The lowest BCUT2D eigenvalue weighted by Crippen LogP contribution is -2.18. The van der Waals surface area contributed by atoms with Crippen LogP contribution in [-0.2, 0) is 14.3 Å². The highest BCUT2D eigenvalue weighted by Gasteiger charge is 2.28. The Morgan fingerprint density at radius 1 is 1.16 bits per heavy atom. The maximum absolute atomic E-state index is 12.2. The third-order valence-corrected chi connectivity index (χ3v) is 5.29. The zero-order valence-electron chi connectivity index (χ0n) is 17.6. The molecule has 3 rings (SSSR count). The summed E-state index contributed by atoms with van der Waals surface area (Å²) in [5.41, 5.74) is 3.48. The number of pyridine rings is 1. The fraction of sp³-hybridized carbons (Fsp3) is 0.292. The van der Waals surface area contributed by atoms with E-state index in [1.54, 1.807) is 30.3 Å². The second kappa shape index (κ2) is 9.90. The van der Waals surface area contributed by atoms with Gasteiger partial charge in [0, 0.05) is 22.6 Å². The lowest BCUT2D eigenvalue weighted by Gasteiger charge is -2.22. The topological polar surface area (TPSA) is 85.7 Å². The third-order valence-electron chi connectivity index (χ3n) is 5.04. The molecule has 0 bridgehead atoms. The van der Waals surface area contributed by atoms with E-state index in [0.29, 0.717) is 39.2 Å². The van der Waals surface area contributed by atoms with E-state index in [0.717, 1.165) is 18.4 Å². The summed E-state index contributed by atoms with van der Waals surface area (Å²) in [4.78, 5) is 28.6. The number of carboxylic acids is 1. The number of carbonyl (C=O) groups is 2. The highest BCUT2D eigenvalue weighted by Crippen LogP contribution is 2.39. The Morgan fingerprint density at radius 2 is 1.87 bits per heavy atom. The molecule has 1 aromatic heterocycles. The summed E-state index contributed by atoms with van der Waals surface area (Å²) in [5.74, 6) is -1.60. The monoisotopic (exact) mass is 441 g/mol. The first kappa shape index (κ1) is 22.7. The minimum Gasteiger partial charge on any atom is -0.479 e. The molecule has 162 valence electrons. The number of hydrogen-bond donors (Lipinski definition) is 1. The fourth-order valence-corrected chi connectivity index (χ4v) is 3.65. The summed E-state index contributed by atoms with van der Waals surface area (Å²) in [6.45, 7) is 4.18. The van der Waals surface area contributed by atoms with Crippen LogP contribution in [-0.4, -0.2) is 35.7 Å². The molecule has 0 spiro atoms. The molecule has 1 atom stereocenters. The molecule has 0 saturated heterocycles. The van der Waals surface area contributed by atoms with Crippen LogP contribution in [0.25, 0.3) is 22.0 Å². The Bertz CT molecular complexity index is 1110. The largest absolute Gasteiger partial charge is 0.479 e. The number of nitrogens with zero attached hydrogens (tertiary/aromatic N) is 1. The Kier molecular flexibility index (Phi) is 7.25. The van der Waals surface area contributed by atoms with Gasteiger partial charge in [0.05, 0.1) is 12.6 Å². The van der Waals surface area contributed by atoms with Gasteiger partial charge < -0.3 is 14.6 Å². The van der Waals surface area contributed by atoms with Gasteiger partial charge in [-0.15, -0.1) is 0 Å². The van der Waals surface area contributed by atoms with Crippen LogP contribution in [0, 0.1) is 6.92 Å². The van der Waals surface area contributed by atoms with Crippen molar-refractivity contribution in [3.05, 3.63) is 64.3 Å². The molecule has 6 nitrogen and oxygen atoms in total. The number of ether oxygens (including phenoxy) is 2. The van der Waals surface area contributed by atoms with Gasteiger partial charge in [-0.3, -0.25) is 0 Å². The standard InChI is InChI=1S/C24H24ClNO5/c1-4-5-12-31-22(23(27)28)20-14(2)13-19-17(10-11-18(26-19)24(29)30-3)21(20)15-6-8-16(25)9-7-15/h6-11,13,22H,4-5,12H2,1-3H3,(H,27,28). The van der Waals surface area contributed by atoms with Crippen molar-refractivity contribution in [2.75, 3.05) is 13.7 Å². The first-order valence-corrected chi connectivity index (χ1v) is 10.4. The number of rotatable bonds is 8. The van der Waals surface area contributed by atoms with Crippen molar-refractivity contribution in [3.63, 3.8) is 0 Å².